The highest BCUT2D eigenvalue weighted by atomic mass is 16.7. The molecule has 7 nitrogen and oxygen atoms in total. The molecule has 1 aliphatic heterocycles. The molecule has 0 bridgehead atoms. The van der Waals surface area contributed by atoms with Crippen molar-refractivity contribution >= 4 is 23.1 Å². The van der Waals surface area contributed by atoms with E-state index >= 15 is 0 Å². The van der Waals surface area contributed by atoms with E-state index in [1.54, 1.807) is 0 Å². The zero-order valence-corrected chi connectivity index (χ0v) is 13.5. The summed E-state index contributed by atoms with van der Waals surface area (Å²) in [5, 5.41) is 11.0. The van der Waals surface area contributed by atoms with Crippen molar-refractivity contribution in [1.29, 1.82) is 0 Å². The second-order valence-electron chi connectivity index (χ2n) is 5.97. The maximum absolute atomic E-state index is 10.8. The first-order valence-corrected chi connectivity index (χ1v) is 7.94. The predicted molar refractivity (Wildman–Crippen MR) is 91.5 cm³/mol. The van der Waals surface area contributed by atoms with Gasteiger partial charge in [-0.25, -0.2) is 9.78 Å². The lowest BCUT2D eigenvalue weighted by atomic mass is 9.97. The van der Waals surface area contributed by atoms with Crippen LogP contribution in [0.15, 0.2) is 48.5 Å². The summed E-state index contributed by atoms with van der Waals surface area (Å²) in [5.41, 5.74) is 3.08. The average molecular weight is 339 g/mol. The molecule has 1 saturated heterocycles. The molecule has 7 heteroatoms. The molecular formula is C18H17N3O4. The summed E-state index contributed by atoms with van der Waals surface area (Å²) in [6, 6.07) is 15.3. The van der Waals surface area contributed by atoms with Gasteiger partial charge >= 0.3 is 6.09 Å². The Morgan fingerprint density at radius 3 is 2.76 bits per heavy atom. The van der Waals surface area contributed by atoms with Crippen molar-refractivity contribution in [2.24, 2.45) is 0 Å². The lowest BCUT2D eigenvalue weighted by molar-refractivity contribution is -0.140. The topological polar surface area (TPSA) is 96.5 Å². The Kier molecular flexibility index (Phi) is 3.67. The number of carboxylic acid groups (broad SMARTS) is 1. The Balaban J connectivity index is 1.81. The maximum Gasteiger partial charge on any atom is 0.411 e. The van der Waals surface area contributed by atoms with Gasteiger partial charge in [-0.3, -0.25) is 5.32 Å². The van der Waals surface area contributed by atoms with Crippen molar-refractivity contribution in [2.75, 3.05) is 11.9 Å². The third kappa shape index (κ3) is 2.73. The van der Waals surface area contributed by atoms with Crippen LogP contribution in [0, 0.1) is 0 Å². The number of nitrogens with one attached hydrogen (secondary N) is 2. The van der Waals surface area contributed by atoms with E-state index in [2.05, 4.69) is 15.3 Å². The zero-order valence-electron chi connectivity index (χ0n) is 13.5. The third-order valence-electron chi connectivity index (χ3n) is 4.13. The first-order chi connectivity index (χ1) is 12.1. The fourth-order valence-corrected chi connectivity index (χ4v) is 3.09. The SMILES string of the molecule is CC1COC(c2ccccc2)(c2ccc3nc(NC(=O)O)[nH]c3c2)O1. The number of nitrogens with zero attached hydrogens (tertiary/aromatic N) is 1. The van der Waals surface area contributed by atoms with Gasteiger partial charge in [0.1, 0.15) is 0 Å². The summed E-state index contributed by atoms with van der Waals surface area (Å²) in [7, 11) is 0. The van der Waals surface area contributed by atoms with Gasteiger partial charge in [-0.1, -0.05) is 36.4 Å². The van der Waals surface area contributed by atoms with Crippen molar-refractivity contribution in [3.8, 4) is 0 Å². The first kappa shape index (κ1) is 15.6. The molecule has 2 atom stereocenters. The van der Waals surface area contributed by atoms with Crippen molar-refractivity contribution in [3.63, 3.8) is 0 Å². The average Bonchev–Trinajstić information content (AvgIpc) is 3.18. The minimum Gasteiger partial charge on any atom is -0.465 e. The van der Waals surface area contributed by atoms with Crippen LogP contribution >= 0.6 is 0 Å². The van der Waals surface area contributed by atoms with Crippen molar-refractivity contribution in [2.45, 2.75) is 18.8 Å². The molecule has 3 aromatic rings. The van der Waals surface area contributed by atoms with E-state index < -0.39 is 11.9 Å². The van der Waals surface area contributed by atoms with Gasteiger partial charge in [-0.2, -0.15) is 0 Å². The van der Waals surface area contributed by atoms with E-state index in [0.29, 0.717) is 17.6 Å². The van der Waals surface area contributed by atoms with Crippen molar-refractivity contribution in [1.82, 2.24) is 9.97 Å². The number of aromatic amines is 1. The summed E-state index contributed by atoms with van der Waals surface area (Å²) in [4.78, 5) is 17.9. The van der Waals surface area contributed by atoms with Crippen LogP contribution in [0.4, 0.5) is 10.7 Å². The quantitative estimate of drug-likeness (QED) is 0.680. The second kappa shape index (κ2) is 5.87. The molecule has 2 heterocycles. The van der Waals surface area contributed by atoms with Crippen LogP contribution < -0.4 is 5.32 Å². The molecule has 0 spiro atoms. The highest BCUT2D eigenvalue weighted by molar-refractivity contribution is 5.85. The van der Waals surface area contributed by atoms with Crippen LogP contribution in [0.25, 0.3) is 11.0 Å². The first-order valence-electron chi connectivity index (χ1n) is 7.94. The second-order valence-corrected chi connectivity index (χ2v) is 5.97. The molecule has 2 aromatic carbocycles. The smallest absolute Gasteiger partial charge is 0.411 e. The van der Waals surface area contributed by atoms with Crippen LogP contribution in [0.3, 0.4) is 0 Å². The van der Waals surface area contributed by atoms with E-state index in [1.165, 1.54) is 0 Å². The largest absolute Gasteiger partial charge is 0.465 e. The van der Waals surface area contributed by atoms with Gasteiger partial charge in [-0.05, 0) is 19.1 Å². The highest BCUT2D eigenvalue weighted by Crippen LogP contribution is 2.41. The number of imidazole rings is 1. The standard InChI is InChI=1S/C18H17N3O4/c1-11-10-24-18(25-11,12-5-3-2-4-6-12)13-7-8-14-15(9-13)20-16(19-14)21-17(22)23/h2-9,11H,10H2,1H3,(H,22,23)(H2,19,20,21). The number of fused-ring (bicyclic) bond motifs is 1. The Morgan fingerprint density at radius 2 is 2.08 bits per heavy atom. The van der Waals surface area contributed by atoms with Gasteiger partial charge in [0, 0.05) is 11.1 Å². The number of carbonyl (C=O) groups is 1. The Bertz CT molecular complexity index is 924. The number of hydrogen-bond acceptors (Lipinski definition) is 4. The maximum atomic E-state index is 10.8. The summed E-state index contributed by atoms with van der Waals surface area (Å²) < 4.78 is 12.3. The Morgan fingerprint density at radius 1 is 1.28 bits per heavy atom. The molecule has 1 amide bonds. The van der Waals surface area contributed by atoms with E-state index in [1.807, 2.05) is 55.5 Å². The molecule has 25 heavy (non-hydrogen) atoms. The highest BCUT2D eigenvalue weighted by Gasteiger charge is 2.43. The van der Waals surface area contributed by atoms with Gasteiger partial charge in [0.2, 0.25) is 11.7 Å². The van der Waals surface area contributed by atoms with Crippen LogP contribution in [0.2, 0.25) is 0 Å². The molecule has 1 fully saturated rings. The number of amides is 1. The molecule has 2 unspecified atom stereocenters. The van der Waals surface area contributed by atoms with E-state index in [-0.39, 0.29) is 12.1 Å². The summed E-state index contributed by atoms with van der Waals surface area (Å²) in [6.07, 6.45) is -1.21. The number of anilines is 1. The molecule has 3 N–H and O–H groups in total. The van der Waals surface area contributed by atoms with Crippen LogP contribution in [-0.4, -0.2) is 33.9 Å². The van der Waals surface area contributed by atoms with E-state index in [4.69, 9.17) is 14.6 Å². The molecule has 0 aliphatic carbocycles. The van der Waals surface area contributed by atoms with Gasteiger partial charge < -0.3 is 19.6 Å². The molecule has 1 aromatic heterocycles. The van der Waals surface area contributed by atoms with Gasteiger partial charge in [0.05, 0.1) is 23.7 Å². The van der Waals surface area contributed by atoms with E-state index in [9.17, 15) is 4.79 Å². The number of rotatable bonds is 3. The number of hydrogen-bond donors (Lipinski definition) is 3. The molecule has 4 rings (SSSR count). The number of H-pyrrole nitrogens is 1. The van der Waals surface area contributed by atoms with E-state index in [0.717, 1.165) is 11.1 Å². The third-order valence-corrected chi connectivity index (χ3v) is 4.13. The van der Waals surface area contributed by atoms with Crippen LogP contribution in [-0.2, 0) is 15.3 Å². The summed E-state index contributed by atoms with van der Waals surface area (Å²) in [5.74, 6) is -0.810. The normalized spacial score (nSPS) is 23.0. The fraction of sp³-hybridized carbons (Fsp3) is 0.222. The zero-order chi connectivity index (χ0) is 17.4. The van der Waals surface area contributed by atoms with Gasteiger partial charge in [-0.15, -0.1) is 0 Å². The Labute approximate surface area is 143 Å². The summed E-state index contributed by atoms with van der Waals surface area (Å²) >= 11 is 0. The molecule has 0 radical (unpaired) electrons. The monoisotopic (exact) mass is 339 g/mol. The van der Waals surface area contributed by atoms with Crippen LogP contribution in [0.5, 0.6) is 0 Å². The number of aromatic nitrogens is 2. The lowest BCUT2D eigenvalue weighted by Crippen LogP contribution is -2.29. The lowest BCUT2D eigenvalue weighted by Gasteiger charge is -2.29. The van der Waals surface area contributed by atoms with Crippen molar-refractivity contribution < 1.29 is 19.4 Å². The van der Waals surface area contributed by atoms with Crippen molar-refractivity contribution in [3.05, 3.63) is 59.7 Å². The predicted octanol–water partition coefficient (Wildman–Crippen LogP) is 3.29. The van der Waals surface area contributed by atoms with Crippen LogP contribution in [0.1, 0.15) is 18.1 Å². The minimum atomic E-state index is -1.17. The number of ether oxygens (including phenoxy) is 2. The molecule has 0 saturated carbocycles. The Hall–Kier alpha value is -2.90. The van der Waals surface area contributed by atoms with Gasteiger partial charge in [0.25, 0.3) is 0 Å². The fourth-order valence-electron chi connectivity index (χ4n) is 3.09. The molecule has 128 valence electrons. The van der Waals surface area contributed by atoms with Gasteiger partial charge in [0.15, 0.2) is 0 Å². The number of benzene rings is 2. The molecular weight excluding hydrogens is 322 g/mol. The molecule has 1 aliphatic rings. The summed E-state index contributed by atoms with van der Waals surface area (Å²) in [6.45, 7) is 2.45. The minimum absolute atomic E-state index is 0.0399.